The molecule has 0 unspecified atom stereocenters. The fourth-order valence-electron chi connectivity index (χ4n) is 1.30. The normalized spacial score (nSPS) is 11.1. The summed E-state index contributed by atoms with van der Waals surface area (Å²) in [5.41, 5.74) is 3.27. The Morgan fingerprint density at radius 2 is 2.00 bits per heavy atom. The molecule has 0 bridgehead atoms. The number of phenolic OH excluding ortho intramolecular Hbond substituents is 2. The number of allylic oxidation sites excluding steroid dienone is 1. The third-order valence-electron chi connectivity index (χ3n) is 2.22. The van der Waals surface area contributed by atoms with Gasteiger partial charge in [-0.05, 0) is 31.9 Å². The number of benzene rings is 1. The summed E-state index contributed by atoms with van der Waals surface area (Å²) in [6, 6.07) is 3.66. The molecule has 5 heteroatoms. The summed E-state index contributed by atoms with van der Waals surface area (Å²) in [6.45, 7) is 5.39. The number of aromatic hydroxyl groups is 2. The summed E-state index contributed by atoms with van der Waals surface area (Å²) in [6.07, 6.45) is 3.28. The third kappa shape index (κ3) is 4.29. The van der Waals surface area contributed by atoms with Crippen LogP contribution in [0.3, 0.4) is 0 Å². The van der Waals surface area contributed by atoms with Crippen molar-refractivity contribution >= 4 is 11.6 Å². The Hall–Kier alpha value is -2.30. The van der Waals surface area contributed by atoms with E-state index in [0.29, 0.717) is 0 Å². The predicted octanol–water partition coefficient (Wildman–Crippen LogP) is 2.17. The molecule has 0 fully saturated rings. The molecule has 1 amide bonds. The number of amides is 1. The highest BCUT2D eigenvalue weighted by atomic mass is 16.3. The average molecular weight is 248 g/mol. The van der Waals surface area contributed by atoms with E-state index >= 15 is 0 Å². The van der Waals surface area contributed by atoms with Crippen molar-refractivity contribution in [2.45, 2.75) is 19.8 Å². The van der Waals surface area contributed by atoms with E-state index in [9.17, 15) is 15.0 Å². The second-order valence-electron chi connectivity index (χ2n) is 3.85. The minimum absolute atomic E-state index is 0.146. The molecule has 0 saturated heterocycles. The monoisotopic (exact) mass is 248 g/mol. The van der Waals surface area contributed by atoms with Crippen molar-refractivity contribution < 1.29 is 15.0 Å². The van der Waals surface area contributed by atoms with Gasteiger partial charge in [0.05, 0.1) is 0 Å². The highest BCUT2D eigenvalue weighted by molar-refractivity contribution is 5.96. The topological polar surface area (TPSA) is 81.9 Å². The lowest BCUT2D eigenvalue weighted by Crippen LogP contribution is -2.18. The molecule has 5 nitrogen and oxygen atoms in total. The molecule has 1 aromatic rings. The van der Waals surface area contributed by atoms with Crippen LogP contribution in [-0.4, -0.2) is 21.8 Å². The molecule has 0 atom stereocenters. The van der Waals surface area contributed by atoms with Crippen molar-refractivity contribution in [2.24, 2.45) is 5.10 Å². The number of nitrogens with one attached hydrogen (secondary N) is 1. The number of carbonyl (C=O) groups is 1. The van der Waals surface area contributed by atoms with Gasteiger partial charge in [-0.25, -0.2) is 5.43 Å². The van der Waals surface area contributed by atoms with Gasteiger partial charge in [0.15, 0.2) is 0 Å². The van der Waals surface area contributed by atoms with Crippen LogP contribution in [0, 0.1) is 0 Å². The molecule has 3 N–H and O–H groups in total. The maximum absolute atomic E-state index is 11.7. The maximum atomic E-state index is 11.7. The Kier molecular flexibility index (Phi) is 4.92. The summed E-state index contributed by atoms with van der Waals surface area (Å²) >= 11 is 0. The van der Waals surface area contributed by atoms with Crippen molar-refractivity contribution in [1.82, 2.24) is 5.43 Å². The fraction of sp³-hybridized carbons (Fsp3) is 0.231. The van der Waals surface area contributed by atoms with Gasteiger partial charge in [-0.2, -0.15) is 5.10 Å². The molecule has 0 aliphatic rings. The van der Waals surface area contributed by atoms with Crippen LogP contribution in [0.15, 0.2) is 36.0 Å². The fourth-order valence-corrected chi connectivity index (χ4v) is 1.30. The van der Waals surface area contributed by atoms with E-state index in [2.05, 4.69) is 17.1 Å². The van der Waals surface area contributed by atoms with E-state index < -0.39 is 5.91 Å². The van der Waals surface area contributed by atoms with E-state index in [1.165, 1.54) is 12.1 Å². The number of hydrogen-bond acceptors (Lipinski definition) is 4. The molecule has 0 saturated carbocycles. The van der Waals surface area contributed by atoms with Crippen LogP contribution in [0.1, 0.15) is 30.1 Å². The molecule has 0 aliphatic carbocycles. The largest absolute Gasteiger partial charge is 0.508 e. The van der Waals surface area contributed by atoms with Gasteiger partial charge in [-0.1, -0.05) is 6.08 Å². The Labute approximate surface area is 105 Å². The highest BCUT2D eigenvalue weighted by Gasteiger charge is 2.07. The Balaban J connectivity index is 2.67. The van der Waals surface area contributed by atoms with Crippen LogP contribution in [0.25, 0.3) is 0 Å². The second kappa shape index (κ2) is 6.44. The van der Waals surface area contributed by atoms with Crippen molar-refractivity contribution in [3.63, 3.8) is 0 Å². The highest BCUT2D eigenvalue weighted by Crippen LogP contribution is 2.20. The summed E-state index contributed by atoms with van der Waals surface area (Å²) in [7, 11) is 0. The SMILES string of the molecule is C=CCCC(C)=NNC(=O)c1cc(O)cc(O)c1. The molecule has 18 heavy (non-hydrogen) atoms. The zero-order chi connectivity index (χ0) is 13.5. The molecule has 96 valence electrons. The minimum atomic E-state index is -0.487. The number of nitrogens with zero attached hydrogens (tertiary/aromatic N) is 1. The van der Waals surface area contributed by atoms with Crippen molar-refractivity contribution in [1.29, 1.82) is 0 Å². The van der Waals surface area contributed by atoms with E-state index in [0.717, 1.165) is 24.6 Å². The molecule has 0 aliphatic heterocycles. The van der Waals surface area contributed by atoms with Gasteiger partial charge in [-0.3, -0.25) is 4.79 Å². The standard InChI is InChI=1S/C13H16N2O3/c1-3-4-5-9(2)14-15-13(18)10-6-11(16)8-12(17)7-10/h3,6-8,16-17H,1,4-5H2,2H3,(H,15,18). The first-order valence-electron chi connectivity index (χ1n) is 5.50. The summed E-state index contributed by atoms with van der Waals surface area (Å²) in [4.78, 5) is 11.7. The van der Waals surface area contributed by atoms with Crippen LogP contribution >= 0.6 is 0 Å². The lowest BCUT2D eigenvalue weighted by molar-refractivity contribution is 0.0954. The van der Waals surface area contributed by atoms with Crippen LogP contribution in [-0.2, 0) is 0 Å². The van der Waals surface area contributed by atoms with Gasteiger partial charge >= 0.3 is 0 Å². The number of phenols is 2. The third-order valence-corrected chi connectivity index (χ3v) is 2.22. The first-order valence-corrected chi connectivity index (χ1v) is 5.50. The summed E-state index contributed by atoms with van der Waals surface area (Å²) in [5, 5.41) is 22.4. The smallest absolute Gasteiger partial charge is 0.271 e. The first-order chi connectivity index (χ1) is 8.52. The maximum Gasteiger partial charge on any atom is 0.271 e. The van der Waals surface area contributed by atoms with Crippen molar-refractivity contribution in [3.8, 4) is 11.5 Å². The van der Waals surface area contributed by atoms with Gasteiger partial charge in [0, 0.05) is 17.3 Å². The van der Waals surface area contributed by atoms with E-state index in [1.54, 1.807) is 13.0 Å². The van der Waals surface area contributed by atoms with Crippen LogP contribution in [0.4, 0.5) is 0 Å². The molecular formula is C13H16N2O3. The van der Waals surface area contributed by atoms with Crippen LogP contribution in [0.5, 0.6) is 11.5 Å². The molecule has 0 heterocycles. The Morgan fingerprint density at radius 3 is 2.56 bits per heavy atom. The second-order valence-corrected chi connectivity index (χ2v) is 3.85. The average Bonchev–Trinajstić information content (AvgIpc) is 2.32. The zero-order valence-corrected chi connectivity index (χ0v) is 10.2. The minimum Gasteiger partial charge on any atom is -0.508 e. The van der Waals surface area contributed by atoms with E-state index in [4.69, 9.17) is 0 Å². The molecular weight excluding hydrogens is 232 g/mol. The lowest BCUT2D eigenvalue weighted by Gasteiger charge is -2.03. The lowest BCUT2D eigenvalue weighted by atomic mass is 10.2. The number of carbonyl (C=O) groups excluding carboxylic acids is 1. The van der Waals surface area contributed by atoms with Crippen molar-refractivity contribution in [2.75, 3.05) is 0 Å². The molecule has 1 rings (SSSR count). The van der Waals surface area contributed by atoms with Gasteiger partial charge < -0.3 is 10.2 Å². The van der Waals surface area contributed by atoms with E-state index in [-0.39, 0.29) is 17.1 Å². The predicted molar refractivity (Wildman–Crippen MR) is 69.8 cm³/mol. The molecule has 0 radical (unpaired) electrons. The van der Waals surface area contributed by atoms with Crippen molar-refractivity contribution in [3.05, 3.63) is 36.4 Å². The number of rotatable bonds is 5. The van der Waals surface area contributed by atoms with Crippen LogP contribution in [0.2, 0.25) is 0 Å². The van der Waals surface area contributed by atoms with Crippen LogP contribution < -0.4 is 5.43 Å². The Bertz CT molecular complexity index is 461. The Morgan fingerprint density at radius 1 is 1.39 bits per heavy atom. The van der Waals surface area contributed by atoms with Gasteiger partial charge in [0.25, 0.3) is 5.91 Å². The van der Waals surface area contributed by atoms with Gasteiger partial charge in [0.2, 0.25) is 0 Å². The number of hydrogen-bond donors (Lipinski definition) is 3. The number of hydrazone groups is 1. The quantitative estimate of drug-likeness (QED) is 0.424. The molecule has 1 aromatic carbocycles. The van der Waals surface area contributed by atoms with Gasteiger partial charge in [0.1, 0.15) is 11.5 Å². The summed E-state index contributed by atoms with van der Waals surface area (Å²) in [5.74, 6) is -0.834. The molecule has 0 spiro atoms. The first kappa shape index (κ1) is 13.8. The van der Waals surface area contributed by atoms with Gasteiger partial charge in [-0.15, -0.1) is 6.58 Å². The molecule has 0 aromatic heterocycles. The zero-order valence-electron chi connectivity index (χ0n) is 10.2. The summed E-state index contributed by atoms with van der Waals surface area (Å²) < 4.78 is 0. The van der Waals surface area contributed by atoms with E-state index in [1.807, 2.05) is 0 Å².